The van der Waals surface area contributed by atoms with Gasteiger partial charge in [-0.1, -0.05) is 24.8 Å². The van der Waals surface area contributed by atoms with Gasteiger partial charge in [0.1, 0.15) is 17.7 Å². The summed E-state index contributed by atoms with van der Waals surface area (Å²) >= 11 is 0. The van der Waals surface area contributed by atoms with Crippen LogP contribution >= 0.6 is 0 Å². The number of nitrogens with one attached hydrogen (secondary N) is 1. The quantitative estimate of drug-likeness (QED) is 0.714. The Kier molecular flexibility index (Phi) is 6.36. The van der Waals surface area contributed by atoms with Crippen LogP contribution in [0.2, 0.25) is 0 Å². The number of carbonyl (C=O) groups is 2. The monoisotopic (exact) mass is 403 g/mol. The zero-order valence-electron chi connectivity index (χ0n) is 17.7. The average molecular weight is 404 g/mol. The number of ether oxygens (including phenoxy) is 2. The minimum atomic E-state index is -0.501. The third-order valence-electron chi connectivity index (χ3n) is 5.53. The first-order valence-corrected chi connectivity index (χ1v) is 10.3. The maximum Gasteiger partial charge on any atom is 0.410 e. The Morgan fingerprint density at radius 3 is 2.59 bits per heavy atom. The predicted molar refractivity (Wildman–Crippen MR) is 111 cm³/mol. The molecule has 1 unspecified atom stereocenters. The van der Waals surface area contributed by atoms with Gasteiger partial charge in [0.25, 0.3) is 0 Å². The molecule has 3 aliphatic heterocycles. The smallest absolute Gasteiger partial charge is 0.410 e. The Bertz CT molecular complexity index is 689. The van der Waals surface area contributed by atoms with Gasteiger partial charge in [-0.15, -0.1) is 6.58 Å². The van der Waals surface area contributed by atoms with Crippen LogP contribution < -0.4 is 5.32 Å². The van der Waals surface area contributed by atoms with Crippen LogP contribution in [0.15, 0.2) is 37.1 Å². The van der Waals surface area contributed by atoms with Crippen LogP contribution in [0, 0.1) is 5.92 Å². The predicted octanol–water partition coefficient (Wildman–Crippen LogP) is 2.46. The molecule has 0 aliphatic carbocycles. The van der Waals surface area contributed by atoms with Crippen LogP contribution in [0.25, 0.3) is 0 Å². The summed E-state index contributed by atoms with van der Waals surface area (Å²) < 4.78 is 11.3. The molecule has 3 heterocycles. The molecule has 0 saturated carbocycles. The molecular weight excluding hydrogens is 370 g/mol. The summed E-state index contributed by atoms with van der Waals surface area (Å²) in [5.41, 5.74) is 0.348. The summed E-state index contributed by atoms with van der Waals surface area (Å²) in [6, 6.07) is -0.309. The summed E-state index contributed by atoms with van der Waals surface area (Å²) in [5, 5.41) is 3.15. The van der Waals surface area contributed by atoms with Crippen LogP contribution in [-0.4, -0.2) is 71.8 Å². The van der Waals surface area contributed by atoms with Crippen molar-refractivity contribution in [3.63, 3.8) is 0 Å². The molecule has 2 bridgehead atoms. The van der Waals surface area contributed by atoms with Crippen molar-refractivity contribution in [1.82, 2.24) is 15.1 Å². The van der Waals surface area contributed by atoms with Gasteiger partial charge in [0.05, 0.1) is 6.61 Å². The molecule has 0 spiro atoms. The third kappa shape index (κ3) is 5.01. The van der Waals surface area contributed by atoms with Crippen molar-refractivity contribution in [3.8, 4) is 0 Å². The fraction of sp³-hybridized carbons (Fsp3) is 0.636. The Balaban J connectivity index is 1.50. The largest absolute Gasteiger partial charge is 0.444 e. The summed E-state index contributed by atoms with van der Waals surface area (Å²) in [6.07, 6.45) is 6.79. The highest BCUT2D eigenvalue weighted by atomic mass is 16.6. The van der Waals surface area contributed by atoms with E-state index in [1.54, 1.807) is 11.0 Å². The maximum absolute atomic E-state index is 12.9. The molecule has 7 nitrogen and oxygen atoms in total. The lowest BCUT2D eigenvalue weighted by molar-refractivity contribution is -0.125. The Morgan fingerprint density at radius 1 is 1.28 bits per heavy atom. The second kappa shape index (κ2) is 8.61. The highest BCUT2D eigenvalue weighted by Crippen LogP contribution is 2.35. The average Bonchev–Trinajstić information content (AvgIpc) is 2.89. The number of nitrogens with zero attached hydrogens (tertiary/aromatic N) is 2. The topological polar surface area (TPSA) is 71.1 Å². The zero-order valence-corrected chi connectivity index (χ0v) is 17.7. The van der Waals surface area contributed by atoms with Crippen molar-refractivity contribution in [2.24, 2.45) is 5.92 Å². The molecule has 2 amide bonds. The number of likely N-dealkylation sites (tertiary alicyclic amines) is 1. The van der Waals surface area contributed by atoms with Gasteiger partial charge in [-0.25, -0.2) is 4.79 Å². The molecule has 2 saturated heterocycles. The molecule has 29 heavy (non-hydrogen) atoms. The number of hydrogen-bond donors (Lipinski definition) is 1. The lowest BCUT2D eigenvalue weighted by Gasteiger charge is -2.35. The van der Waals surface area contributed by atoms with Gasteiger partial charge < -0.3 is 24.6 Å². The van der Waals surface area contributed by atoms with Gasteiger partial charge in [-0.05, 0) is 33.6 Å². The molecule has 2 fully saturated rings. The fourth-order valence-electron chi connectivity index (χ4n) is 4.10. The highest BCUT2D eigenvalue weighted by Gasteiger charge is 2.43. The highest BCUT2D eigenvalue weighted by molar-refractivity contribution is 5.84. The van der Waals surface area contributed by atoms with E-state index in [4.69, 9.17) is 9.47 Å². The minimum Gasteiger partial charge on any atom is -0.444 e. The molecular formula is C22H33N3O4. The number of carbonyl (C=O) groups excluding carboxylic acids is 2. The van der Waals surface area contributed by atoms with E-state index in [9.17, 15) is 9.59 Å². The maximum atomic E-state index is 12.9. The number of piperidine rings is 1. The van der Waals surface area contributed by atoms with Crippen LogP contribution in [0.5, 0.6) is 0 Å². The van der Waals surface area contributed by atoms with Crippen LogP contribution in [-0.2, 0) is 14.3 Å². The van der Waals surface area contributed by atoms with Gasteiger partial charge in [0.15, 0.2) is 0 Å². The number of fused-ring (bicyclic) bond motifs is 2. The van der Waals surface area contributed by atoms with E-state index in [1.165, 1.54) is 0 Å². The molecule has 3 aliphatic rings. The summed E-state index contributed by atoms with van der Waals surface area (Å²) in [4.78, 5) is 28.8. The van der Waals surface area contributed by atoms with Gasteiger partial charge in [-0.3, -0.25) is 4.79 Å². The van der Waals surface area contributed by atoms with E-state index < -0.39 is 5.60 Å². The van der Waals surface area contributed by atoms with E-state index in [0.29, 0.717) is 19.7 Å². The zero-order chi connectivity index (χ0) is 21.2. The first-order valence-electron chi connectivity index (χ1n) is 10.3. The van der Waals surface area contributed by atoms with E-state index in [2.05, 4.69) is 24.6 Å². The summed E-state index contributed by atoms with van der Waals surface area (Å²) in [7, 11) is 0. The Morgan fingerprint density at radius 2 is 1.97 bits per heavy atom. The van der Waals surface area contributed by atoms with Crippen molar-refractivity contribution in [1.29, 1.82) is 0 Å². The molecule has 3 atom stereocenters. The van der Waals surface area contributed by atoms with Crippen molar-refractivity contribution >= 4 is 12.0 Å². The van der Waals surface area contributed by atoms with Crippen molar-refractivity contribution < 1.29 is 19.1 Å². The first kappa shape index (κ1) is 21.4. The number of amides is 2. The molecule has 160 valence electrons. The standard InChI is InChI=1S/C22H33N3O4/c1-6-13-28-19-15(2)25-14-16(19)7-8-18(25)20(26)23-17-9-11-24(12-10-17)21(27)29-22(3,4)5/h6-8,16-19H,1-2,9-14H2,3-5H3,(H,23,26)/t16-,18-,19?/m0/s1. The van der Waals surface area contributed by atoms with E-state index in [0.717, 1.165) is 25.1 Å². The van der Waals surface area contributed by atoms with Crippen LogP contribution in [0.1, 0.15) is 33.6 Å². The first-order chi connectivity index (χ1) is 13.7. The SMILES string of the molecule is C=CCOC1C(=C)N2C[C@@H]1C=C[C@H]2C(=O)NC1CCN(C(=O)OC(C)(C)C)CC1. The van der Waals surface area contributed by atoms with Crippen molar-refractivity contribution in [2.45, 2.75) is 57.4 Å². The summed E-state index contributed by atoms with van der Waals surface area (Å²) in [5.74, 6) is 0.199. The molecule has 1 N–H and O–H groups in total. The second-order valence-corrected chi connectivity index (χ2v) is 8.93. The normalized spacial score (nSPS) is 27.1. The molecule has 0 aromatic rings. The van der Waals surface area contributed by atoms with E-state index in [-0.39, 0.29) is 36.1 Å². The fourth-order valence-corrected chi connectivity index (χ4v) is 4.10. The number of hydrogen-bond acceptors (Lipinski definition) is 5. The van der Waals surface area contributed by atoms with Gasteiger partial charge in [-0.2, -0.15) is 0 Å². The van der Waals surface area contributed by atoms with E-state index in [1.807, 2.05) is 31.7 Å². The van der Waals surface area contributed by atoms with Crippen LogP contribution in [0.3, 0.4) is 0 Å². The number of rotatable bonds is 5. The van der Waals surface area contributed by atoms with E-state index >= 15 is 0 Å². The molecule has 0 aromatic carbocycles. The van der Waals surface area contributed by atoms with Gasteiger partial charge >= 0.3 is 6.09 Å². The lowest BCUT2D eigenvalue weighted by atomic mass is 10.0. The molecule has 3 rings (SSSR count). The molecule has 0 aromatic heterocycles. The second-order valence-electron chi connectivity index (χ2n) is 8.93. The molecule has 0 radical (unpaired) electrons. The lowest BCUT2D eigenvalue weighted by Crippen LogP contribution is -2.52. The van der Waals surface area contributed by atoms with Crippen molar-refractivity contribution in [3.05, 3.63) is 37.1 Å². The Hall–Kier alpha value is -2.28. The third-order valence-corrected chi connectivity index (χ3v) is 5.53. The minimum absolute atomic E-state index is 0.0269. The molecule has 7 heteroatoms. The summed E-state index contributed by atoms with van der Waals surface area (Å²) in [6.45, 7) is 15.8. The van der Waals surface area contributed by atoms with Gasteiger partial charge in [0, 0.05) is 37.3 Å². The van der Waals surface area contributed by atoms with Crippen LogP contribution in [0.4, 0.5) is 4.79 Å². The van der Waals surface area contributed by atoms with Gasteiger partial charge in [0.2, 0.25) is 5.91 Å². The Labute approximate surface area is 173 Å². The van der Waals surface area contributed by atoms with Crippen molar-refractivity contribution in [2.75, 3.05) is 26.2 Å².